The first-order valence-corrected chi connectivity index (χ1v) is 13.9. The first-order valence-electron chi connectivity index (χ1n) is 12.8. The number of amides is 1. The lowest BCUT2D eigenvalue weighted by Gasteiger charge is -2.11. The standard InChI is InChI=1S/C32H25BrClN3O4/c1-3-19-10-7-11-24-28(20-8-5-4-6-9-20)30(36-29(19)24)31(38)37-35-18-21-16-22(33)12-14-26(21)41-32(39)25-17-23(34)13-15-27(25)40-2/h4-18,36H,3H2,1-2H3,(H,37,38). The minimum Gasteiger partial charge on any atom is -0.496 e. The number of carbonyl (C=O) groups is 2. The second-order valence-corrected chi connectivity index (χ2v) is 10.4. The Kier molecular flexibility index (Phi) is 8.52. The molecule has 0 aliphatic heterocycles. The topological polar surface area (TPSA) is 92.8 Å². The number of rotatable bonds is 8. The zero-order chi connectivity index (χ0) is 28.9. The number of esters is 1. The molecule has 1 aromatic heterocycles. The third-order valence-corrected chi connectivity index (χ3v) is 7.24. The summed E-state index contributed by atoms with van der Waals surface area (Å²) >= 11 is 9.51. The highest BCUT2D eigenvalue weighted by atomic mass is 79.9. The zero-order valence-corrected chi connectivity index (χ0v) is 24.5. The van der Waals surface area contributed by atoms with Crippen LogP contribution in [0.3, 0.4) is 0 Å². The summed E-state index contributed by atoms with van der Waals surface area (Å²) < 4.78 is 11.7. The van der Waals surface area contributed by atoms with Crippen LogP contribution < -0.4 is 14.9 Å². The number of nitrogens with one attached hydrogen (secondary N) is 2. The normalized spacial score (nSPS) is 11.1. The van der Waals surface area contributed by atoms with Gasteiger partial charge in [0.25, 0.3) is 5.91 Å². The van der Waals surface area contributed by atoms with Gasteiger partial charge in [0, 0.05) is 31.5 Å². The lowest BCUT2D eigenvalue weighted by molar-refractivity contribution is 0.0730. The number of methoxy groups -OCH3 is 1. The van der Waals surface area contributed by atoms with Crippen molar-refractivity contribution >= 4 is 56.5 Å². The van der Waals surface area contributed by atoms with Gasteiger partial charge in [-0.3, -0.25) is 4.79 Å². The van der Waals surface area contributed by atoms with Crippen LogP contribution in [0.4, 0.5) is 0 Å². The Balaban J connectivity index is 1.43. The molecule has 9 heteroatoms. The third kappa shape index (κ3) is 6.04. The van der Waals surface area contributed by atoms with Crippen LogP contribution in [-0.2, 0) is 6.42 Å². The number of H-pyrrole nitrogens is 1. The third-order valence-electron chi connectivity index (χ3n) is 6.52. The monoisotopic (exact) mass is 629 g/mol. The number of hydrogen-bond acceptors (Lipinski definition) is 5. The number of aromatic nitrogens is 1. The molecule has 0 fully saturated rings. The molecular weight excluding hydrogens is 606 g/mol. The van der Waals surface area contributed by atoms with Gasteiger partial charge in [-0.2, -0.15) is 5.10 Å². The minimum atomic E-state index is -0.650. The SMILES string of the molecule is CCc1cccc2c(-c3ccccc3)c(C(=O)NN=Cc3cc(Br)ccc3OC(=O)c3cc(Cl)ccc3OC)[nH]c12. The minimum absolute atomic E-state index is 0.179. The molecule has 0 atom stereocenters. The van der Waals surface area contributed by atoms with Gasteiger partial charge in [0.15, 0.2) is 0 Å². The second kappa shape index (κ2) is 12.4. The Morgan fingerprint density at radius 2 is 1.78 bits per heavy atom. The van der Waals surface area contributed by atoms with Crippen molar-refractivity contribution < 1.29 is 19.1 Å². The second-order valence-electron chi connectivity index (χ2n) is 9.05. The van der Waals surface area contributed by atoms with Crippen molar-refractivity contribution in [1.29, 1.82) is 0 Å². The molecule has 206 valence electrons. The van der Waals surface area contributed by atoms with Crippen molar-refractivity contribution in [3.63, 3.8) is 0 Å². The van der Waals surface area contributed by atoms with E-state index in [1.54, 1.807) is 30.3 Å². The molecule has 2 N–H and O–H groups in total. The fourth-order valence-corrected chi connectivity index (χ4v) is 5.12. The van der Waals surface area contributed by atoms with Gasteiger partial charge in [-0.25, -0.2) is 10.2 Å². The Labute approximate surface area is 250 Å². The number of aryl methyl sites for hydroxylation is 1. The summed E-state index contributed by atoms with van der Waals surface area (Å²) in [5.74, 6) is -0.489. The lowest BCUT2D eigenvalue weighted by atomic mass is 10.00. The molecule has 0 bridgehead atoms. The number of carbonyl (C=O) groups excluding carboxylic acids is 2. The van der Waals surface area contributed by atoms with Crippen molar-refractivity contribution in [2.24, 2.45) is 5.10 Å². The molecule has 7 nitrogen and oxygen atoms in total. The number of aromatic amines is 1. The molecule has 0 unspecified atom stereocenters. The van der Waals surface area contributed by atoms with E-state index < -0.39 is 11.9 Å². The van der Waals surface area contributed by atoms with E-state index in [1.165, 1.54) is 19.4 Å². The fraction of sp³-hybridized carbons (Fsp3) is 0.0938. The highest BCUT2D eigenvalue weighted by Crippen LogP contribution is 2.34. The van der Waals surface area contributed by atoms with E-state index in [2.05, 4.69) is 38.4 Å². The molecule has 5 rings (SSSR count). The maximum absolute atomic E-state index is 13.4. The molecule has 0 spiro atoms. The molecule has 41 heavy (non-hydrogen) atoms. The number of para-hydroxylation sites is 1. The number of nitrogens with zero attached hydrogens (tertiary/aromatic N) is 1. The first kappa shape index (κ1) is 28.1. The number of halogens is 2. The van der Waals surface area contributed by atoms with Crippen molar-refractivity contribution in [2.75, 3.05) is 7.11 Å². The van der Waals surface area contributed by atoms with Crippen LogP contribution in [-0.4, -0.2) is 30.2 Å². The van der Waals surface area contributed by atoms with E-state index in [4.69, 9.17) is 21.1 Å². The average Bonchev–Trinajstić information content (AvgIpc) is 3.39. The van der Waals surface area contributed by atoms with Gasteiger partial charge in [-0.05, 0) is 53.9 Å². The Hall–Kier alpha value is -4.40. The van der Waals surface area contributed by atoms with E-state index in [-0.39, 0.29) is 11.3 Å². The Bertz CT molecular complexity index is 1780. The highest BCUT2D eigenvalue weighted by molar-refractivity contribution is 9.10. The smallest absolute Gasteiger partial charge is 0.347 e. The summed E-state index contributed by atoms with van der Waals surface area (Å²) in [7, 11) is 1.46. The fourth-order valence-electron chi connectivity index (χ4n) is 4.57. The van der Waals surface area contributed by atoms with Crippen LogP contribution in [0, 0.1) is 0 Å². The van der Waals surface area contributed by atoms with Crippen molar-refractivity contribution in [2.45, 2.75) is 13.3 Å². The van der Waals surface area contributed by atoms with E-state index >= 15 is 0 Å². The predicted octanol–water partition coefficient (Wildman–Crippen LogP) is 7.80. The number of ether oxygens (including phenoxy) is 2. The van der Waals surface area contributed by atoms with Crippen LogP contribution in [0.5, 0.6) is 11.5 Å². The molecule has 0 aliphatic carbocycles. The number of fused-ring (bicyclic) bond motifs is 1. The molecule has 0 radical (unpaired) electrons. The summed E-state index contributed by atoms with van der Waals surface area (Å²) in [6, 6.07) is 25.6. The van der Waals surface area contributed by atoms with Gasteiger partial charge in [0.05, 0.1) is 13.3 Å². The van der Waals surface area contributed by atoms with E-state index in [0.717, 1.165) is 38.5 Å². The Morgan fingerprint density at radius 3 is 2.54 bits per heavy atom. The molecule has 1 heterocycles. The van der Waals surface area contributed by atoms with Gasteiger partial charge in [-0.15, -0.1) is 0 Å². The van der Waals surface area contributed by atoms with Gasteiger partial charge < -0.3 is 14.5 Å². The van der Waals surface area contributed by atoms with Gasteiger partial charge >= 0.3 is 5.97 Å². The largest absolute Gasteiger partial charge is 0.496 e. The molecular formula is C32H25BrClN3O4. The predicted molar refractivity (Wildman–Crippen MR) is 165 cm³/mol. The molecule has 5 aromatic rings. The molecule has 0 saturated heterocycles. The van der Waals surface area contributed by atoms with Crippen molar-refractivity contribution in [3.05, 3.63) is 117 Å². The van der Waals surface area contributed by atoms with Crippen LogP contribution in [0.1, 0.15) is 38.9 Å². The lowest BCUT2D eigenvalue weighted by Crippen LogP contribution is -2.19. The van der Waals surface area contributed by atoms with Crippen LogP contribution in [0.15, 0.2) is 94.5 Å². The summed E-state index contributed by atoms with van der Waals surface area (Å²) in [5, 5.41) is 5.52. The van der Waals surface area contributed by atoms with Gasteiger partial charge in [0.1, 0.15) is 22.8 Å². The van der Waals surface area contributed by atoms with E-state index in [1.807, 2.05) is 48.5 Å². The van der Waals surface area contributed by atoms with E-state index in [9.17, 15) is 9.59 Å². The molecule has 4 aromatic carbocycles. The molecule has 0 saturated carbocycles. The average molecular weight is 631 g/mol. The first-order chi connectivity index (χ1) is 19.9. The quantitative estimate of drug-likeness (QED) is 0.0792. The van der Waals surface area contributed by atoms with E-state index in [0.29, 0.717) is 22.0 Å². The number of hydrazone groups is 1. The summed E-state index contributed by atoms with van der Waals surface area (Å²) in [4.78, 5) is 29.7. The molecule has 0 aliphatic rings. The van der Waals surface area contributed by atoms with Crippen molar-refractivity contribution in [3.8, 4) is 22.6 Å². The highest BCUT2D eigenvalue weighted by Gasteiger charge is 2.21. The Morgan fingerprint density at radius 1 is 1.00 bits per heavy atom. The maximum atomic E-state index is 13.4. The summed E-state index contributed by atoms with van der Waals surface area (Å²) in [6.45, 7) is 2.08. The van der Waals surface area contributed by atoms with Crippen LogP contribution in [0.25, 0.3) is 22.0 Å². The van der Waals surface area contributed by atoms with Crippen LogP contribution >= 0.6 is 27.5 Å². The van der Waals surface area contributed by atoms with Crippen molar-refractivity contribution in [1.82, 2.24) is 10.4 Å². The summed E-state index contributed by atoms with van der Waals surface area (Å²) in [5.41, 5.74) is 7.40. The molecule has 1 amide bonds. The zero-order valence-electron chi connectivity index (χ0n) is 22.2. The van der Waals surface area contributed by atoms with Gasteiger partial charge in [0.2, 0.25) is 0 Å². The number of benzene rings is 4. The summed E-state index contributed by atoms with van der Waals surface area (Å²) in [6.07, 6.45) is 2.24. The van der Waals surface area contributed by atoms with Gasteiger partial charge in [-0.1, -0.05) is 83.0 Å². The number of hydrogen-bond donors (Lipinski definition) is 2. The maximum Gasteiger partial charge on any atom is 0.347 e. The van der Waals surface area contributed by atoms with Crippen LogP contribution in [0.2, 0.25) is 5.02 Å².